The van der Waals surface area contributed by atoms with Crippen molar-refractivity contribution < 1.29 is 4.79 Å². The Bertz CT molecular complexity index is 772. The minimum atomic E-state index is -0.514. The van der Waals surface area contributed by atoms with Gasteiger partial charge in [0.25, 0.3) is 0 Å². The number of rotatable bonds is 3. The van der Waals surface area contributed by atoms with Gasteiger partial charge in [0.15, 0.2) is 0 Å². The molecule has 0 saturated carbocycles. The van der Waals surface area contributed by atoms with E-state index < -0.39 is 5.91 Å². The predicted octanol–water partition coefficient (Wildman–Crippen LogP) is 2.72. The number of amides is 1. The van der Waals surface area contributed by atoms with Crippen molar-refractivity contribution >= 4 is 5.91 Å². The summed E-state index contributed by atoms with van der Waals surface area (Å²) in [6.45, 7) is 1.95. The first-order valence-corrected chi connectivity index (χ1v) is 7.21. The van der Waals surface area contributed by atoms with Gasteiger partial charge in [-0.1, -0.05) is 60.7 Å². The molecule has 5 heteroatoms. The highest BCUT2D eigenvalue weighted by Crippen LogP contribution is 2.29. The molecule has 1 amide bonds. The summed E-state index contributed by atoms with van der Waals surface area (Å²) >= 11 is 0. The lowest BCUT2D eigenvalue weighted by molar-refractivity contribution is 0.0943. The minimum Gasteiger partial charge on any atom is -0.287 e. The topological polar surface area (TPSA) is 80.9 Å². The van der Waals surface area contributed by atoms with Gasteiger partial charge in [-0.2, -0.15) is 0 Å². The van der Waals surface area contributed by atoms with Crippen molar-refractivity contribution in [3.05, 3.63) is 72.1 Å². The van der Waals surface area contributed by atoms with E-state index in [9.17, 15) is 4.79 Å². The van der Waals surface area contributed by atoms with Gasteiger partial charge in [-0.3, -0.25) is 10.2 Å². The fraction of sp³-hybridized carbons (Fsp3) is 0.0556. The summed E-state index contributed by atoms with van der Waals surface area (Å²) in [7, 11) is 0. The van der Waals surface area contributed by atoms with Crippen LogP contribution < -0.4 is 11.3 Å². The first kappa shape index (κ1) is 14.9. The van der Waals surface area contributed by atoms with E-state index in [-0.39, 0.29) is 5.82 Å². The van der Waals surface area contributed by atoms with Crippen molar-refractivity contribution in [3.8, 4) is 22.5 Å². The zero-order valence-corrected chi connectivity index (χ0v) is 12.7. The average molecular weight is 304 g/mol. The van der Waals surface area contributed by atoms with E-state index in [1.54, 1.807) is 0 Å². The number of nitrogens with two attached hydrogens (primary N) is 1. The molecule has 3 rings (SSSR count). The smallest absolute Gasteiger partial charge is 0.287 e. The Morgan fingerprint density at radius 1 is 0.870 bits per heavy atom. The highest BCUT2D eigenvalue weighted by molar-refractivity contribution is 5.91. The van der Waals surface area contributed by atoms with Gasteiger partial charge in [0, 0.05) is 16.7 Å². The van der Waals surface area contributed by atoms with Crippen LogP contribution in [0.2, 0.25) is 0 Å². The van der Waals surface area contributed by atoms with E-state index in [1.165, 1.54) is 0 Å². The van der Waals surface area contributed by atoms with Crippen molar-refractivity contribution in [3.63, 3.8) is 0 Å². The predicted molar refractivity (Wildman–Crippen MR) is 89.3 cm³/mol. The van der Waals surface area contributed by atoms with Crippen LogP contribution in [-0.2, 0) is 0 Å². The summed E-state index contributed by atoms with van der Waals surface area (Å²) in [6.07, 6.45) is 0. The maximum absolute atomic E-state index is 11.9. The molecule has 2 aromatic carbocycles. The lowest BCUT2D eigenvalue weighted by Gasteiger charge is -2.12. The molecule has 0 unspecified atom stereocenters. The Morgan fingerprint density at radius 3 is 1.70 bits per heavy atom. The zero-order valence-electron chi connectivity index (χ0n) is 12.7. The third kappa shape index (κ3) is 2.95. The summed E-state index contributed by atoms with van der Waals surface area (Å²) in [5, 5.41) is 0. The zero-order chi connectivity index (χ0) is 16.2. The molecule has 5 nitrogen and oxygen atoms in total. The van der Waals surface area contributed by atoms with Gasteiger partial charge < -0.3 is 0 Å². The second-order valence-corrected chi connectivity index (χ2v) is 5.07. The van der Waals surface area contributed by atoms with Crippen LogP contribution in [0.15, 0.2) is 60.7 Å². The summed E-state index contributed by atoms with van der Waals surface area (Å²) in [4.78, 5) is 20.7. The van der Waals surface area contributed by atoms with E-state index in [0.717, 1.165) is 28.1 Å². The minimum absolute atomic E-state index is 0.0517. The molecule has 0 spiro atoms. The van der Waals surface area contributed by atoms with Crippen LogP contribution in [0.25, 0.3) is 22.5 Å². The standard InChI is InChI=1S/C18H16N4O/c1-12-15(13-8-4-2-5-9-13)20-17(18(23)22-19)21-16(12)14-10-6-3-7-11-14/h2-11H,19H2,1H3,(H,22,23). The largest absolute Gasteiger partial charge is 0.302 e. The number of nitrogen functional groups attached to an aromatic ring is 1. The number of hydrogen-bond acceptors (Lipinski definition) is 4. The molecule has 114 valence electrons. The number of carbonyl (C=O) groups is 1. The van der Waals surface area contributed by atoms with Crippen molar-refractivity contribution in [2.45, 2.75) is 6.92 Å². The molecule has 0 aliphatic carbocycles. The van der Waals surface area contributed by atoms with Gasteiger partial charge in [0.2, 0.25) is 5.82 Å². The first-order chi connectivity index (χ1) is 11.2. The molecule has 3 aromatic rings. The van der Waals surface area contributed by atoms with Gasteiger partial charge in [-0.25, -0.2) is 15.8 Å². The van der Waals surface area contributed by atoms with Crippen LogP contribution in [0.1, 0.15) is 16.2 Å². The van der Waals surface area contributed by atoms with E-state index in [1.807, 2.05) is 67.6 Å². The number of nitrogens with zero attached hydrogens (tertiary/aromatic N) is 2. The van der Waals surface area contributed by atoms with E-state index in [4.69, 9.17) is 5.84 Å². The molecule has 0 radical (unpaired) electrons. The molecule has 0 bridgehead atoms. The Kier molecular flexibility index (Phi) is 4.12. The van der Waals surface area contributed by atoms with Crippen molar-refractivity contribution in [1.82, 2.24) is 15.4 Å². The molecule has 3 N–H and O–H groups in total. The molecule has 23 heavy (non-hydrogen) atoms. The highest BCUT2D eigenvalue weighted by atomic mass is 16.2. The summed E-state index contributed by atoms with van der Waals surface area (Å²) in [6, 6.07) is 19.4. The summed E-state index contributed by atoms with van der Waals surface area (Å²) in [5.74, 6) is 4.78. The monoisotopic (exact) mass is 304 g/mol. The quantitative estimate of drug-likeness (QED) is 0.443. The second-order valence-electron chi connectivity index (χ2n) is 5.07. The maximum Gasteiger partial charge on any atom is 0.302 e. The number of aromatic nitrogens is 2. The molecule has 0 aliphatic heterocycles. The van der Waals surface area contributed by atoms with Gasteiger partial charge in [0.1, 0.15) is 0 Å². The van der Waals surface area contributed by atoms with E-state index in [2.05, 4.69) is 15.4 Å². The van der Waals surface area contributed by atoms with Crippen molar-refractivity contribution in [2.24, 2.45) is 5.84 Å². The van der Waals surface area contributed by atoms with E-state index >= 15 is 0 Å². The van der Waals surface area contributed by atoms with Gasteiger partial charge in [-0.05, 0) is 6.92 Å². The van der Waals surface area contributed by atoms with Gasteiger partial charge >= 0.3 is 5.91 Å². The van der Waals surface area contributed by atoms with Crippen LogP contribution >= 0.6 is 0 Å². The fourth-order valence-electron chi connectivity index (χ4n) is 2.44. The number of hydrogen-bond donors (Lipinski definition) is 2. The van der Waals surface area contributed by atoms with Crippen LogP contribution in [0.3, 0.4) is 0 Å². The third-order valence-corrected chi connectivity index (χ3v) is 3.57. The number of hydrazine groups is 1. The van der Waals surface area contributed by atoms with Gasteiger partial charge in [0.05, 0.1) is 11.4 Å². The maximum atomic E-state index is 11.9. The Hall–Kier alpha value is -3.05. The third-order valence-electron chi connectivity index (χ3n) is 3.57. The van der Waals surface area contributed by atoms with Crippen LogP contribution in [-0.4, -0.2) is 15.9 Å². The molecular formula is C18H16N4O. The molecule has 0 fully saturated rings. The van der Waals surface area contributed by atoms with Crippen LogP contribution in [0, 0.1) is 6.92 Å². The van der Waals surface area contributed by atoms with E-state index in [0.29, 0.717) is 0 Å². The number of nitrogens with one attached hydrogen (secondary N) is 1. The second kappa shape index (κ2) is 6.37. The Labute approximate surface area is 134 Å². The molecular weight excluding hydrogens is 288 g/mol. The molecule has 0 saturated heterocycles. The van der Waals surface area contributed by atoms with Crippen LogP contribution in [0.5, 0.6) is 0 Å². The normalized spacial score (nSPS) is 10.3. The Morgan fingerprint density at radius 2 is 1.30 bits per heavy atom. The molecule has 0 aliphatic rings. The Balaban J connectivity index is 2.26. The molecule has 0 atom stereocenters. The first-order valence-electron chi connectivity index (χ1n) is 7.21. The number of carbonyl (C=O) groups excluding carboxylic acids is 1. The SMILES string of the molecule is Cc1c(-c2ccccc2)nc(C(=O)NN)nc1-c1ccccc1. The number of benzene rings is 2. The molecule has 1 heterocycles. The lowest BCUT2D eigenvalue weighted by Crippen LogP contribution is -2.31. The van der Waals surface area contributed by atoms with Crippen molar-refractivity contribution in [1.29, 1.82) is 0 Å². The lowest BCUT2D eigenvalue weighted by atomic mass is 10.0. The highest BCUT2D eigenvalue weighted by Gasteiger charge is 2.17. The fourth-order valence-corrected chi connectivity index (χ4v) is 2.44. The molecule has 1 aromatic heterocycles. The van der Waals surface area contributed by atoms with Gasteiger partial charge in [-0.15, -0.1) is 0 Å². The summed E-state index contributed by atoms with van der Waals surface area (Å²) in [5.41, 5.74) is 6.30. The van der Waals surface area contributed by atoms with Crippen LogP contribution in [0.4, 0.5) is 0 Å². The van der Waals surface area contributed by atoms with Crippen molar-refractivity contribution in [2.75, 3.05) is 0 Å². The average Bonchev–Trinajstić information content (AvgIpc) is 2.62. The summed E-state index contributed by atoms with van der Waals surface area (Å²) < 4.78 is 0.